The van der Waals surface area contributed by atoms with Crippen LogP contribution in [0.4, 0.5) is 5.13 Å². The van der Waals surface area contributed by atoms with Gasteiger partial charge in [-0.2, -0.15) is 5.10 Å². The summed E-state index contributed by atoms with van der Waals surface area (Å²) in [5.74, 6) is 0.519. The summed E-state index contributed by atoms with van der Waals surface area (Å²) in [7, 11) is 0. The Bertz CT molecular complexity index is 694. The van der Waals surface area contributed by atoms with Crippen molar-refractivity contribution in [1.29, 1.82) is 0 Å². The van der Waals surface area contributed by atoms with Gasteiger partial charge in [0.15, 0.2) is 5.13 Å². The molecule has 0 aromatic carbocycles. The summed E-state index contributed by atoms with van der Waals surface area (Å²) >= 11 is 1.78. The van der Waals surface area contributed by atoms with Crippen LogP contribution in [0, 0.1) is 26.7 Å². The molecule has 0 radical (unpaired) electrons. The van der Waals surface area contributed by atoms with Gasteiger partial charge in [0.25, 0.3) is 5.56 Å². The van der Waals surface area contributed by atoms with Crippen LogP contribution in [0.15, 0.2) is 16.9 Å². The first-order valence-electron chi connectivity index (χ1n) is 7.76. The van der Waals surface area contributed by atoms with Gasteiger partial charge < -0.3 is 4.90 Å². The van der Waals surface area contributed by atoms with Crippen LogP contribution in [0.25, 0.3) is 0 Å². The molecule has 0 bridgehead atoms. The van der Waals surface area contributed by atoms with E-state index in [0.29, 0.717) is 5.92 Å². The van der Waals surface area contributed by atoms with Gasteiger partial charge in [-0.15, -0.1) is 11.3 Å². The topological polar surface area (TPSA) is 51.0 Å². The molecular formula is C16H22N4OS. The minimum Gasteiger partial charge on any atom is -0.348 e. The highest BCUT2D eigenvalue weighted by molar-refractivity contribution is 7.15. The summed E-state index contributed by atoms with van der Waals surface area (Å²) < 4.78 is 1.62. The zero-order chi connectivity index (χ0) is 15.7. The van der Waals surface area contributed by atoms with Crippen molar-refractivity contribution in [2.45, 2.75) is 40.2 Å². The lowest BCUT2D eigenvalue weighted by Crippen LogP contribution is -2.36. The summed E-state index contributed by atoms with van der Waals surface area (Å²) in [4.78, 5) is 20.2. The van der Waals surface area contributed by atoms with Gasteiger partial charge in [0.05, 0.1) is 11.4 Å². The molecule has 2 aromatic heterocycles. The fourth-order valence-corrected chi connectivity index (χ4v) is 3.79. The number of hydrogen-bond acceptors (Lipinski definition) is 5. The first-order chi connectivity index (χ1) is 10.5. The molecule has 5 nitrogen and oxygen atoms in total. The second kappa shape index (κ2) is 6.20. The molecule has 0 aliphatic carbocycles. The molecule has 22 heavy (non-hydrogen) atoms. The highest BCUT2D eigenvalue weighted by Gasteiger charge is 2.22. The SMILES string of the molecule is Cc1ccc(=O)n(CC2CCN(c3nc(C)c(C)s3)CC2)n1. The molecule has 1 aliphatic rings. The first-order valence-corrected chi connectivity index (χ1v) is 8.58. The molecule has 0 amide bonds. The van der Waals surface area contributed by atoms with Gasteiger partial charge >= 0.3 is 0 Å². The molecule has 0 saturated carbocycles. The van der Waals surface area contributed by atoms with Gasteiger partial charge in [-0.3, -0.25) is 4.79 Å². The summed E-state index contributed by atoms with van der Waals surface area (Å²) in [6, 6.07) is 3.38. The van der Waals surface area contributed by atoms with Gasteiger partial charge in [-0.25, -0.2) is 9.67 Å². The predicted molar refractivity (Wildman–Crippen MR) is 89.8 cm³/mol. The molecule has 1 aliphatic heterocycles. The Kier molecular flexibility index (Phi) is 4.29. The van der Waals surface area contributed by atoms with E-state index in [1.165, 1.54) is 4.88 Å². The van der Waals surface area contributed by atoms with Crippen molar-refractivity contribution >= 4 is 16.5 Å². The first kappa shape index (κ1) is 15.2. The zero-order valence-corrected chi connectivity index (χ0v) is 14.2. The minimum atomic E-state index is -0.000738. The monoisotopic (exact) mass is 318 g/mol. The standard InChI is InChI=1S/C16H22N4OS/c1-11-4-5-15(21)20(18-11)10-14-6-8-19(9-7-14)16-17-12(2)13(3)22-16/h4-5,14H,6-10H2,1-3H3. The van der Waals surface area contributed by atoms with E-state index in [2.05, 4.69) is 28.8 Å². The number of aromatic nitrogens is 3. The Labute approximate surface area is 134 Å². The second-order valence-corrected chi connectivity index (χ2v) is 7.25. The van der Waals surface area contributed by atoms with Crippen LogP contribution in [-0.2, 0) is 6.54 Å². The predicted octanol–water partition coefficient (Wildman–Crippen LogP) is 2.54. The van der Waals surface area contributed by atoms with Crippen molar-refractivity contribution in [3.05, 3.63) is 38.8 Å². The highest BCUT2D eigenvalue weighted by atomic mass is 32.1. The number of piperidine rings is 1. The molecule has 6 heteroatoms. The van der Waals surface area contributed by atoms with Crippen LogP contribution < -0.4 is 10.5 Å². The molecule has 0 spiro atoms. The van der Waals surface area contributed by atoms with Crippen molar-refractivity contribution in [2.75, 3.05) is 18.0 Å². The van der Waals surface area contributed by atoms with Crippen LogP contribution in [-0.4, -0.2) is 27.9 Å². The average molecular weight is 318 g/mol. The van der Waals surface area contributed by atoms with Gasteiger partial charge in [-0.05, 0) is 45.6 Å². The quantitative estimate of drug-likeness (QED) is 0.873. The Morgan fingerprint density at radius 3 is 2.59 bits per heavy atom. The van der Waals surface area contributed by atoms with Gasteiger partial charge in [0.1, 0.15) is 0 Å². The van der Waals surface area contributed by atoms with Crippen molar-refractivity contribution in [3.63, 3.8) is 0 Å². The average Bonchev–Trinajstić information content (AvgIpc) is 2.83. The lowest BCUT2D eigenvalue weighted by Gasteiger charge is -2.31. The Morgan fingerprint density at radius 2 is 1.95 bits per heavy atom. The van der Waals surface area contributed by atoms with E-state index in [0.717, 1.165) is 49.0 Å². The Morgan fingerprint density at radius 1 is 1.23 bits per heavy atom. The number of hydrogen-bond donors (Lipinski definition) is 0. The second-order valence-electron chi connectivity index (χ2n) is 6.06. The summed E-state index contributed by atoms with van der Waals surface area (Å²) in [5.41, 5.74) is 2.03. The Hall–Kier alpha value is -1.69. The maximum atomic E-state index is 11.9. The molecule has 1 fully saturated rings. The summed E-state index contributed by atoms with van der Waals surface area (Å²) in [6.07, 6.45) is 2.17. The number of rotatable bonds is 3. The number of thiazole rings is 1. The highest BCUT2D eigenvalue weighted by Crippen LogP contribution is 2.29. The molecular weight excluding hydrogens is 296 g/mol. The molecule has 118 valence electrons. The third-order valence-corrected chi connectivity index (χ3v) is 5.47. The van der Waals surface area contributed by atoms with E-state index in [1.807, 2.05) is 6.92 Å². The molecule has 0 unspecified atom stereocenters. The van der Waals surface area contributed by atoms with E-state index in [1.54, 1.807) is 28.2 Å². The van der Waals surface area contributed by atoms with Gasteiger partial charge in [-0.1, -0.05) is 0 Å². The number of nitrogens with zero attached hydrogens (tertiary/aromatic N) is 4. The maximum absolute atomic E-state index is 11.9. The normalized spacial score (nSPS) is 16.2. The maximum Gasteiger partial charge on any atom is 0.266 e. The van der Waals surface area contributed by atoms with Crippen molar-refractivity contribution in [3.8, 4) is 0 Å². The third kappa shape index (κ3) is 3.21. The largest absolute Gasteiger partial charge is 0.348 e. The molecule has 0 N–H and O–H groups in total. The molecule has 2 aromatic rings. The molecule has 3 rings (SSSR count). The minimum absolute atomic E-state index is 0.000738. The fraction of sp³-hybridized carbons (Fsp3) is 0.562. The van der Waals surface area contributed by atoms with Crippen LogP contribution in [0.1, 0.15) is 29.1 Å². The molecule has 3 heterocycles. The molecule has 1 saturated heterocycles. The summed E-state index contributed by atoms with van der Waals surface area (Å²) in [6.45, 7) is 8.86. The fourth-order valence-electron chi connectivity index (χ4n) is 2.82. The van der Waals surface area contributed by atoms with E-state index in [9.17, 15) is 4.79 Å². The van der Waals surface area contributed by atoms with E-state index in [4.69, 9.17) is 0 Å². The number of aryl methyl sites for hydroxylation is 3. The third-order valence-electron chi connectivity index (χ3n) is 4.33. The van der Waals surface area contributed by atoms with Gasteiger partial charge in [0.2, 0.25) is 0 Å². The summed E-state index contributed by atoms with van der Waals surface area (Å²) in [5, 5.41) is 5.48. The van der Waals surface area contributed by atoms with Crippen LogP contribution >= 0.6 is 11.3 Å². The van der Waals surface area contributed by atoms with Crippen molar-refractivity contribution < 1.29 is 0 Å². The number of anilines is 1. The Balaban J connectivity index is 1.62. The lowest BCUT2D eigenvalue weighted by molar-refractivity contribution is 0.334. The van der Waals surface area contributed by atoms with Crippen LogP contribution in [0.5, 0.6) is 0 Å². The van der Waals surface area contributed by atoms with E-state index < -0.39 is 0 Å². The smallest absolute Gasteiger partial charge is 0.266 e. The lowest BCUT2D eigenvalue weighted by atomic mass is 9.97. The van der Waals surface area contributed by atoms with Crippen LogP contribution in [0.3, 0.4) is 0 Å². The van der Waals surface area contributed by atoms with Crippen molar-refractivity contribution in [1.82, 2.24) is 14.8 Å². The van der Waals surface area contributed by atoms with Crippen molar-refractivity contribution in [2.24, 2.45) is 5.92 Å². The van der Waals surface area contributed by atoms with Crippen LogP contribution in [0.2, 0.25) is 0 Å². The molecule has 0 atom stereocenters. The zero-order valence-electron chi connectivity index (χ0n) is 13.4. The van der Waals surface area contributed by atoms with Gasteiger partial charge in [0, 0.05) is 30.6 Å². The van der Waals surface area contributed by atoms with E-state index >= 15 is 0 Å². The van der Waals surface area contributed by atoms with E-state index in [-0.39, 0.29) is 5.56 Å².